The van der Waals surface area contributed by atoms with E-state index in [9.17, 15) is 9.18 Å². The Morgan fingerprint density at radius 2 is 2.12 bits per heavy atom. The van der Waals surface area contributed by atoms with Crippen molar-refractivity contribution in [1.29, 1.82) is 0 Å². The Balaban J connectivity index is 1.50. The standard InChI is InChI=1S/C19H28FN3O2/c1-14(2)22-8-7-15(12-22)11-21-19(24)23-9-10-25-18(13-23)16-5-3-4-6-17(16)20/h3-6,14-15,18H,7-13H2,1-2H3,(H,21,24). The van der Waals surface area contributed by atoms with Crippen molar-refractivity contribution < 1.29 is 13.9 Å². The summed E-state index contributed by atoms with van der Waals surface area (Å²) in [7, 11) is 0. The first-order valence-corrected chi connectivity index (χ1v) is 9.17. The van der Waals surface area contributed by atoms with E-state index in [1.807, 2.05) is 0 Å². The number of hydrogen-bond donors (Lipinski definition) is 1. The van der Waals surface area contributed by atoms with Crippen LogP contribution in [0.3, 0.4) is 0 Å². The molecule has 25 heavy (non-hydrogen) atoms. The number of nitrogens with one attached hydrogen (secondary N) is 1. The maximum absolute atomic E-state index is 14.0. The molecule has 6 heteroatoms. The van der Waals surface area contributed by atoms with E-state index in [0.29, 0.717) is 43.8 Å². The summed E-state index contributed by atoms with van der Waals surface area (Å²) < 4.78 is 19.6. The highest BCUT2D eigenvalue weighted by atomic mass is 19.1. The van der Waals surface area contributed by atoms with Crippen molar-refractivity contribution in [2.45, 2.75) is 32.4 Å². The molecule has 1 N–H and O–H groups in total. The third-order valence-electron chi connectivity index (χ3n) is 5.20. The van der Waals surface area contributed by atoms with E-state index < -0.39 is 6.10 Å². The van der Waals surface area contributed by atoms with E-state index in [0.717, 1.165) is 19.5 Å². The van der Waals surface area contributed by atoms with Crippen LogP contribution >= 0.6 is 0 Å². The van der Waals surface area contributed by atoms with Crippen LogP contribution in [-0.4, -0.2) is 61.2 Å². The number of amides is 2. The smallest absolute Gasteiger partial charge is 0.317 e. The van der Waals surface area contributed by atoms with Gasteiger partial charge in [0.1, 0.15) is 11.9 Å². The second-order valence-corrected chi connectivity index (χ2v) is 7.26. The first-order valence-electron chi connectivity index (χ1n) is 9.17. The molecular weight excluding hydrogens is 321 g/mol. The number of ether oxygens (including phenoxy) is 1. The van der Waals surface area contributed by atoms with Gasteiger partial charge >= 0.3 is 6.03 Å². The van der Waals surface area contributed by atoms with Gasteiger partial charge in [-0.25, -0.2) is 9.18 Å². The monoisotopic (exact) mass is 349 g/mol. The van der Waals surface area contributed by atoms with Gasteiger partial charge in [-0.1, -0.05) is 18.2 Å². The van der Waals surface area contributed by atoms with Gasteiger partial charge < -0.3 is 19.9 Å². The number of carbonyl (C=O) groups is 1. The number of urea groups is 1. The maximum atomic E-state index is 14.0. The maximum Gasteiger partial charge on any atom is 0.317 e. The number of hydrogen-bond acceptors (Lipinski definition) is 3. The highest BCUT2D eigenvalue weighted by molar-refractivity contribution is 5.74. The van der Waals surface area contributed by atoms with Crippen molar-refractivity contribution in [3.63, 3.8) is 0 Å². The van der Waals surface area contributed by atoms with Crippen molar-refractivity contribution in [2.75, 3.05) is 39.3 Å². The fourth-order valence-corrected chi connectivity index (χ4v) is 3.60. The van der Waals surface area contributed by atoms with E-state index in [-0.39, 0.29) is 11.8 Å². The first-order chi connectivity index (χ1) is 12.0. The number of nitrogens with zero attached hydrogens (tertiary/aromatic N) is 2. The molecule has 0 spiro atoms. The molecule has 0 bridgehead atoms. The number of morpholine rings is 1. The molecule has 0 aromatic heterocycles. The third kappa shape index (κ3) is 4.50. The van der Waals surface area contributed by atoms with E-state index in [2.05, 4.69) is 24.1 Å². The van der Waals surface area contributed by atoms with Crippen LogP contribution in [0.1, 0.15) is 31.9 Å². The van der Waals surface area contributed by atoms with E-state index in [1.54, 1.807) is 23.1 Å². The molecule has 3 rings (SSSR count). The van der Waals surface area contributed by atoms with Gasteiger partial charge in [-0.2, -0.15) is 0 Å². The van der Waals surface area contributed by atoms with Crippen LogP contribution in [0.2, 0.25) is 0 Å². The molecule has 2 amide bonds. The zero-order valence-electron chi connectivity index (χ0n) is 15.1. The molecule has 2 aliphatic heterocycles. The lowest BCUT2D eigenvalue weighted by molar-refractivity contribution is -0.0172. The fourth-order valence-electron chi connectivity index (χ4n) is 3.60. The van der Waals surface area contributed by atoms with Crippen molar-refractivity contribution in [2.24, 2.45) is 5.92 Å². The molecular formula is C19H28FN3O2. The van der Waals surface area contributed by atoms with Crippen molar-refractivity contribution in [3.8, 4) is 0 Å². The van der Waals surface area contributed by atoms with Crippen molar-refractivity contribution in [1.82, 2.24) is 15.1 Å². The SMILES string of the molecule is CC(C)N1CCC(CNC(=O)N2CCOC(c3ccccc3F)C2)C1. The Morgan fingerprint density at radius 3 is 2.84 bits per heavy atom. The van der Waals surface area contributed by atoms with Gasteiger partial charge in [0.25, 0.3) is 0 Å². The van der Waals surface area contributed by atoms with Crippen molar-refractivity contribution in [3.05, 3.63) is 35.6 Å². The second kappa shape index (κ2) is 8.15. The molecule has 2 atom stereocenters. The van der Waals surface area contributed by atoms with Gasteiger partial charge in [0.2, 0.25) is 0 Å². The topological polar surface area (TPSA) is 44.8 Å². The quantitative estimate of drug-likeness (QED) is 0.909. The van der Waals surface area contributed by atoms with Gasteiger partial charge in [-0.05, 0) is 38.8 Å². The van der Waals surface area contributed by atoms with E-state index >= 15 is 0 Å². The largest absolute Gasteiger partial charge is 0.370 e. The Bertz CT molecular complexity index is 596. The van der Waals surface area contributed by atoms with Gasteiger partial charge in [0, 0.05) is 31.2 Å². The second-order valence-electron chi connectivity index (χ2n) is 7.26. The number of halogens is 1. The van der Waals surface area contributed by atoms with E-state index in [1.165, 1.54) is 6.07 Å². The minimum atomic E-state index is -0.399. The lowest BCUT2D eigenvalue weighted by Crippen LogP contribution is -2.48. The van der Waals surface area contributed by atoms with Crippen LogP contribution in [0.15, 0.2) is 24.3 Å². The van der Waals surface area contributed by atoms with Crippen molar-refractivity contribution >= 4 is 6.03 Å². The number of benzene rings is 1. The minimum Gasteiger partial charge on any atom is -0.370 e. The van der Waals surface area contributed by atoms with Gasteiger partial charge in [-0.3, -0.25) is 0 Å². The Hall–Kier alpha value is -1.66. The van der Waals surface area contributed by atoms with Crippen LogP contribution < -0.4 is 5.32 Å². The van der Waals surface area contributed by atoms with Crippen LogP contribution in [0, 0.1) is 11.7 Å². The normalized spacial score (nSPS) is 24.7. The molecule has 138 valence electrons. The summed E-state index contributed by atoms with van der Waals surface area (Å²) in [6.07, 6.45) is 0.725. The minimum absolute atomic E-state index is 0.0763. The summed E-state index contributed by atoms with van der Waals surface area (Å²) in [5, 5.41) is 3.05. The molecule has 0 radical (unpaired) electrons. The summed E-state index contributed by atoms with van der Waals surface area (Å²) in [6.45, 7) is 8.61. The van der Waals surface area contributed by atoms with E-state index in [4.69, 9.17) is 4.74 Å². The Morgan fingerprint density at radius 1 is 1.32 bits per heavy atom. The summed E-state index contributed by atoms with van der Waals surface area (Å²) >= 11 is 0. The van der Waals surface area contributed by atoms with Gasteiger partial charge in [0.05, 0.1) is 13.2 Å². The molecule has 1 aromatic carbocycles. The molecule has 1 aromatic rings. The van der Waals surface area contributed by atoms with Crippen LogP contribution in [0.25, 0.3) is 0 Å². The van der Waals surface area contributed by atoms with Crippen LogP contribution in [0.5, 0.6) is 0 Å². The van der Waals surface area contributed by atoms with Gasteiger partial charge in [-0.15, -0.1) is 0 Å². The van der Waals surface area contributed by atoms with Crippen LogP contribution in [-0.2, 0) is 4.74 Å². The summed E-state index contributed by atoms with van der Waals surface area (Å²) in [5.74, 6) is 0.226. The number of carbonyl (C=O) groups excluding carboxylic acids is 1. The molecule has 0 saturated carbocycles. The molecule has 0 aliphatic carbocycles. The summed E-state index contributed by atoms with van der Waals surface area (Å²) in [6, 6.07) is 7.09. The van der Waals surface area contributed by atoms with Gasteiger partial charge in [0.15, 0.2) is 0 Å². The summed E-state index contributed by atoms with van der Waals surface area (Å²) in [4.78, 5) is 16.7. The average Bonchev–Trinajstić information content (AvgIpc) is 3.09. The lowest BCUT2D eigenvalue weighted by atomic mass is 10.1. The number of rotatable bonds is 4. The zero-order valence-corrected chi connectivity index (χ0v) is 15.1. The average molecular weight is 349 g/mol. The fraction of sp³-hybridized carbons (Fsp3) is 0.632. The first kappa shape index (κ1) is 18.1. The van der Waals surface area contributed by atoms with Crippen LogP contribution in [0.4, 0.5) is 9.18 Å². The highest BCUT2D eigenvalue weighted by Gasteiger charge is 2.28. The molecule has 2 aliphatic rings. The predicted molar refractivity (Wildman–Crippen MR) is 94.9 cm³/mol. The lowest BCUT2D eigenvalue weighted by Gasteiger charge is -2.33. The zero-order chi connectivity index (χ0) is 17.8. The Labute approximate surface area is 149 Å². The molecule has 2 heterocycles. The highest BCUT2D eigenvalue weighted by Crippen LogP contribution is 2.24. The third-order valence-corrected chi connectivity index (χ3v) is 5.20. The number of likely N-dealkylation sites (tertiary alicyclic amines) is 1. The molecule has 2 unspecified atom stereocenters. The molecule has 2 saturated heterocycles. The molecule has 5 nitrogen and oxygen atoms in total. The predicted octanol–water partition coefficient (Wildman–Crippen LogP) is 2.64. The summed E-state index contributed by atoms with van der Waals surface area (Å²) in [5.41, 5.74) is 0.517. The molecule has 2 fully saturated rings. The Kier molecular flexibility index (Phi) is 5.91.